The summed E-state index contributed by atoms with van der Waals surface area (Å²) in [5.41, 5.74) is 3.68. The van der Waals surface area contributed by atoms with Gasteiger partial charge < -0.3 is 0 Å². The molecule has 0 aromatic rings. The Labute approximate surface area is 64.0 Å². The van der Waals surface area contributed by atoms with E-state index < -0.39 is 0 Å². The van der Waals surface area contributed by atoms with Gasteiger partial charge in [0.15, 0.2) is 0 Å². The Bertz CT molecular complexity index is 176. The molecule has 0 aliphatic heterocycles. The molecule has 0 heteroatoms. The van der Waals surface area contributed by atoms with E-state index in [1.54, 1.807) is 0 Å². The van der Waals surface area contributed by atoms with Gasteiger partial charge in [-0.25, -0.2) is 0 Å². The molecule has 0 nitrogen and oxygen atoms in total. The van der Waals surface area contributed by atoms with Gasteiger partial charge >= 0.3 is 0 Å². The first kappa shape index (κ1) is 9.22. The molecule has 0 spiro atoms. The van der Waals surface area contributed by atoms with Crippen LogP contribution >= 0.6 is 0 Å². The highest BCUT2D eigenvalue weighted by atomic mass is 14.0. The van der Waals surface area contributed by atoms with Crippen molar-refractivity contribution in [2.75, 3.05) is 0 Å². The van der Waals surface area contributed by atoms with Crippen LogP contribution < -0.4 is 0 Å². The van der Waals surface area contributed by atoms with E-state index in [2.05, 4.69) is 32.6 Å². The number of hydrogen-bond acceptors (Lipinski definition) is 0. The van der Waals surface area contributed by atoms with Crippen LogP contribution in [0.2, 0.25) is 0 Å². The summed E-state index contributed by atoms with van der Waals surface area (Å²) in [4.78, 5) is 0. The van der Waals surface area contributed by atoms with Crippen LogP contribution in [0.4, 0.5) is 0 Å². The summed E-state index contributed by atoms with van der Waals surface area (Å²) in [6.45, 7) is 12.1. The molecule has 0 aromatic carbocycles. The maximum Gasteiger partial charge on any atom is -0.0277 e. The van der Waals surface area contributed by atoms with Crippen LogP contribution in [0.1, 0.15) is 27.7 Å². The van der Waals surface area contributed by atoms with Gasteiger partial charge in [-0.15, -0.1) is 0 Å². The number of allylic oxidation sites excluding steroid dienone is 5. The molecule has 0 saturated heterocycles. The first-order chi connectivity index (χ1) is 4.57. The van der Waals surface area contributed by atoms with Gasteiger partial charge in [-0.2, -0.15) is 0 Å². The summed E-state index contributed by atoms with van der Waals surface area (Å²) >= 11 is 0. The lowest BCUT2D eigenvalue weighted by atomic mass is 10.1. The van der Waals surface area contributed by atoms with Gasteiger partial charge in [-0.3, -0.25) is 0 Å². The van der Waals surface area contributed by atoms with E-state index in [1.165, 1.54) is 11.1 Å². The molecular formula is C10H16. The van der Waals surface area contributed by atoms with Gasteiger partial charge in [-0.05, 0) is 33.3 Å². The van der Waals surface area contributed by atoms with E-state index >= 15 is 0 Å². The van der Waals surface area contributed by atoms with Crippen molar-refractivity contribution in [2.24, 2.45) is 0 Å². The standard InChI is InChI=1S/C10H16/c1-6-10(9(4)5)7-8(2)3/h6-7H,4H2,1-3,5H3/b10-6+. The molecule has 0 amide bonds. The molecule has 0 saturated carbocycles. The van der Waals surface area contributed by atoms with Crippen LogP contribution in [-0.4, -0.2) is 0 Å². The molecule has 0 aliphatic rings. The average molecular weight is 136 g/mol. The van der Waals surface area contributed by atoms with Gasteiger partial charge in [0, 0.05) is 0 Å². The first-order valence-corrected chi connectivity index (χ1v) is 3.55. The van der Waals surface area contributed by atoms with E-state index in [0.29, 0.717) is 0 Å². The van der Waals surface area contributed by atoms with Crippen molar-refractivity contribution in [1.29, 1.82) is 0 Å². The van der Waals surface area contributed by atoms with E-state index in [9.17, 15) is 0 Å². The summed E-state index contributed by atoms with van der Waals surface area (Å²) in [7, 11) is 0. The van der Waals surface area contributed by atoms with Gasteiger partial charge in [-0.1, -0.05) is 29.9 Å². The van der Waals surface area contributed by atoms with Crippen LogP contribution in [0, 0.1) is 0 Å². The Morgan fingerprint density at radius 3 is 1.80 bits per heavy atom. The van der Waals surface area contributed by atoms with Gasteiger partial charge in [0.2, 0.25) is 0 Å². The molecule has 0 radical (unpaired) electrons. The van der Waals surface area contributed by atoms with Crippen molar-refractivity contribution in [1.82, 2.24) is 0 Å². The van der Waals surface area contributed by atoms with E-state index in [4.69, 9.17) is 0 Å². The monoisotopic (exact) mass is 136 g/mol. The normalized spacial score (nSPS) is 11.0. The summed E-state index contributed by atoms with van der Waals surface area (Å²) in [5, 5.41) is 0. The van der Waals surface area contributed by atoms with Gasteiger partial charge in [0.1, 0.15) is 0 Å². The van der Waals surface area contributed by atoms with Crippen LogP contribution in [0.3, 0.4) is 0 Å². The Hall–Kier alpha value is -0.780. The SMILES string of the molecule is C=C(C)/C(C=C(C)C)=C/C. The summed E-state index contributed by atoms with van der Waals surface area (Å²) in [5.74, 6) is 0. The van der Waals surface area contributed by atoms with Gasteiger partial charge in [0.05, 0.1) is 0 Å². The van der Waals surface area contributed by atoms with Gasteiger partial charge in [0.25, 0.3) is 0 Å². The van der Waals surface area contributed by atoms with Crippen molar-refractivity contribution < 1.29 is 0 Å². The summed E-state index contributed by atoms with van der Waals surface area (Å²) in [6.07, 6.45) is 4.22. The molecule has 0 unspecified atom stereocenters. The van der Waals surface area contributed by atoms with E-state index in [0.717, 1.165) is 5.57 Å². The van der Waals surface area contributed by atoms with Crippen LogP contribution in [0.25, 0.3) is 0 Å². The Morgan fingerprint density at radius 2 is 1.70 bits per heavy atom. The minimum Gasteiger partial charge on any atom is -0.0955 e. The highest BCUT2D eigenvalue weighted by molar-refractivity contribution is 5.37. The minimum absolute atomic E-state index is 1.13. The zero-order valence-electron chi connectivity index (χ0n) is 7.36. The fourth-order valence-electron chi connectivity index (χ4n) is 0.764. The number of rotatable bonds is 2. The molecule has 0 aliphatic carbocycles. The third-order valence-corrected chi connectivity index (χ3v) is 1.25. The Morgan fingerprint density at radius 1 is 1.20 bits per heavy atom. The second-order valence-electron chi connectivity index (χ2n) is 2.75. The Kier molecular flexibility index (Phi) is 3.78. The van der Waals surface area contributed by atoms with Crippen molar-refractivity contribution in [3.8, 4) is 0 Å². The lowest BCUT2D eigenvalue weighted by Gasteiger charge is -1.99. The fourth-order valence-corrected chi connectivity index (χ4v) is 0.764. The third kappa shape index (κ3) is 3.29. The zero-order chi connectivity index (χ0) is 8.15. The Balaban J connectivity index is 4.42. The van der Waals surface area contributed by atoms with E-state index in [1.807, 2.05) is 13.8 Å². The third-order valence-electron chi connectivity index (χ3n) is 1.25. The molecule has 0 aromatic heterocycles. The lowest BCUT2D eigenvalue weighted by Crippen LogP contribution is -1.78. The molecule has 0 N–H and O–H groups in total. The summed E-state index contributed by atoms with van der Waals surface area (Å²) in [6, 6.07) is 0. The van der Waals surface area contributed by atoms with Crippen LogP contribution in [0.15, 0.2) is 35.5 Å². The molecule has 0 fully saturated rings. The predicted octanol–water partition coefficient (Wildman–Crippen LogP) is 3.48. The molecule has 0 atom stereocenters. The lowest BCUT2D eigenvalue weighted by molar-refractivity contribution is 1.33. The molecule has 0 heterocycles. The van der Waals surface area contributed by atoms with Crippen molar-refractivity contribution in [3.63, 3.8) is 0 Å². The number of hydrogen-bond donors (Lipinski definition) is 0. The highest BCUT2D eigenvalue weighted by Crippen LogP contribution is 2.09. The molecule has 10 heavy (non-hydrogen) atoms. The quantitative estimate of drug-likeness (QED) is 0.510. The topological polar surface area (TPSA) is 0 Å². The van der Waals surface area contributed by atoms with Crippen molar-refractivity contribution in [2.45, 2.75) is 27.7 Å². The molecule has 0 rings (SSSR count). The zero-order valence-corrected chi connectivity index (χ0v) is 7.36. The molecule has 56 valence electrons. The average Bonchev–Trinajstić information content (AvgIpc) is 1.81. The van der Waals surface area contributed by atoms with E-state index in [-0.39, 0.29) is 0 Å². The van der Waals surface area contributed by atoms with Crippen molar-refractivity contribution in [3.05, 3.63) is 35.5 Å². The smallest absolute Gasteiger partial charge is 0.0277 e. The minimum atomic E-state index is 1.13. The fraction of sp³-hybridized carbons (Fsp3) is 0.400. The second kappa shape index (κ2) is 4.10. The molecular weight excluding hydrogens is 120 g/mol. The maximum atomic E-state index is 3.87. The molecule has 0 bridgehead atoms. The largest absolute Gasteiger partial charge is 0.0955 e. The second-order valence-corrected chi connectivity index (χ2v) is 2.75. The highest BCUT2D eigenvalue weighted by Gasteiger charge is 1.89. The van der Waals surface area contributed by atoms with Crippen molar-refractivity contribution >= 4 is 0 Å². The van der Waals surface area contributed by atoms with Crippen LogP contribution in [0.5, 0.6) is 0 Å². The first-order valence-electron chi connectivity index (χ1n) is 3.55. The predicted molar refractivity (Wildman–Crippen MR) is 48.0 cm³/mol. The summed E-state index contributed by atoms with van der Waals surface area (Å²) < 4.78 is 0. The maximum absolute atomic E-state index is 3.87. The van der Waals surface area contributed by atoms with Crippen LogP contribution in [-0.2, 0) is 0 Å².